The van der Waals surface area contributed by atoms with Crippen LogP contribution in [-0.4, -0.2) is 40.4 Å². The average molecular weight is 412 g/mol. The number of fused-ring (bicyclic) bond motifs is 1. The maximum Gasteiger partial charge on any atom is 0.290 e. The van der Waals surface area contributed by atoms with Gasteiger partial charge in [0.15, 0.2) is 0 Å². The van der Waals surface area contributed by atoms with Crippen molar-refractivity contribution in [3.05, 3.63) is 76.0 Å². The summed E-state index contributed by atoms with van der Waals surface area (Å²) in [5.41, 5.74) is 5.71. The van der Waals surface area contributed by atoms with Crippen molar-refractivity contribution >= 4 is 11.0 Å². The monoisotopic (exact) mass is 412 g/mol. The lowest BCUT2D eigenvalue weighted by atomic mass is 9.95. The molecule has 3 heterocycles. The summed E-state index contributed by atoms with van der Waals surface area (Å²) in [6.07, 6.45) is 0.693. The van der Waals surface area contributed by atoms with E-state index in [4.69, 9.17) is 0 Å². The van der Waals surface area contributed by atoms with Crippen molar-refractivity contribution in [3.63, 3.8) is 0 Å². The van der Waals surface area contributed by atoms with Gasteiger partial charge in [-0.05, 0) is 35.2 Å². The van der Waals surface area contributed by atoms with Gasteiger partial charge < -0.3 is 4.57 Å². The van der Waals surface area contributed by atoms with E-state index in [1.165, 1.54) is 0 Å². The normalized spacial score (nSPS) is 11.3. The van der Waals surface area contributed by atoms with Crippen molar-refractivity contribution in [1.29, 1.82) is 0 Å². The Kier molecular flexibility index (Phi) is 4.62. The van der Waals surface area contributed by atoms with Crippen LogP contribution in [0.3, 0.4) is 0 Å². The highest BCUT2D eigenvalue weighted by Crippen LogP contribution is 2.32. The quantitative estimate of drug-likeness (QED) is 0.458. The molecule has 0 atom stereocenters. The largest absolute Gasteiger partial charge is 0.319 e. The molecule has 154 valence electrons. The Morgan fingerprint density at radius 2 is 1.71 bits per heavy atom. The number of hydrogen-bond donors (Lipinski definition) is 2. The summed E-state index contributed by atoms with van der Waals surface area (Å²) in [7, 11) is 0. The zero-order chi connectivity index (χ0) is 21.4. The number of aryl methyl sites for hydroxylation is 2. The van der Waals surface area contributed by atoms with Crippen LogP contribution in [-0.2, 0) is 13.0 Å². The summed E-state index contributed by atoms with van der Waals surface area (Å²) >= 11 is 0. The van der Waals surface area contributed by atoms with E-state index in [0.717, 1.165) is 33.8 Å². The number of benzene rings is 2. The maximum absolute atomic E-state index is 12.6. The van der Waals surface area contributed by atoms with Crippen molar-refractivity contribution in [1.82, 2.24) is 40.4 Å². The highest BCUT2D eigenvalue weighted by Gasteiger charge is 2.18. The van der Waals surface area contributed by atoms with Crippen LogP contribution in [0.5, 0.6) is 0 Å². The van der Waals surface area contributed by atoms with Crippen LogP contribution in [0.15, 0.2) is 53.3 Å². The second kappa shape index (κ2) is 7.60. The van der Waals surface area contributed by atoms with Crippen molar-refractivity contribution < 1.29 is 0 Å². The van der Waals surface area contributed by atoms with Gasteiger partial charge in [-0.25, -0.2) is 10.1 Å². The van der Waals surface area contributed by atoms with Crippen molar-refractivity contribution in [2.24, 2.45) is 0 Å². The van der Waals surface area contributed by atoms with Crippen LogP contribution in [0.1, 0.15) is 24.0 Å². The molecule has 0 aliphatic rings. The molecule has 31 heavy (non-hydrogen) atoms. The molecule has 0 saturated heterocycles. The minimum atomic E-state index is -0.238. The van der Waals surface area contributed by atoms with Crippen LogP contribution in [0.25, 0.3) is 33.5 Å². The van der Waals surface area contributed by atoms with Crippen LogP contribution in [0, 0.1) is 6.92 Å². The molecular weight excluding hydrogens is 392 g/mol. The Balaban J connectivity index is 1.67. The Morgan fingerprint density at radius 1 is 0.968 bits per heavy atom. The van der Waals surface area contributed by atoms with Gasteiger partial charge in [0.25, 0.3) is 5.56 Å². The van der Waals surface area contributed by atoms with E-state index in [-0.39, 0.29) is 5.56 Å². The third kappa shape index (κ3) is 3.20. The molecule has 0 saturated carbocycles. The van der Waals surface area contributed by atoms with E-state index in [1.54, 1.807) is 0 Å². The molecular formula is C22H20N8O. The minimum Gasteiger partial charge on any atom is -0.319 e. The summed E-state index contributed by atoms with van der Waals surface area (Å²) in [5.74, 6) is 1.30. The molecule has 0 aliphatic heterocycles. The minimum absolute atomic E-state index is 0.238. The summed E-state index contributed by atoms with van der Waals surface area (Å²) in [4.78, 5) is 17.3. The number of rotatable bonds is 5. The van der Waals surface area contributed by atoms with Gasteiger partial charge in [0, 0.05) is 5.56 Å². The van der Waals surface area contributed by atoms with Gasteiger partial charge in [-0.1, -0.05) is 55.5 Å². The van der Waals surface area contributed by atoms with Gasteiger partial charge >= 0.3 is 0 Å². The Hall–Kier alpha value is -4.14. The molecule has 5 aromatic rings. The molecule has 9 nitrogen and oxygen atoms in total. The molecule has 0 fully saturated rings. The fraction of sp³-hybridized carbons (Fsp3) is 0.182. The fourth-order valence-electron chi connectivity index (χ4n) is 3.94. The molecule has 5 rings (SSSR count). The van der Waals surface area contributed by atoms with E-state index in [0.29, 0.717) is 29.8 Å². The zero-order valence-electron chi connectivity index (χ0n) is 17.1. The SMILES string of the molecule is CCc1n[nH]c(=O)c2c1nc(C)n2Cc1ccccc1-c1ccccc1-c1nn[nH]n1. The van der Waals surface area contributed by atoms with E-state index in [9.17, 15) is 4.79 Å². The summed E-state index contributed by atoms with van der Waals surface area (Å²) in [6.45, 7) is 4.41. The number of tetrazole rings is 1. The molecule has 0 aliphatic carbocycles. The number of aromatic nitrogens is 8. The molecule has 0 unspecified atom stereocenters. The Labute approximate surface area is 177 Å². The lowest BCUT2D eigenvalue weighted by Crippen LogP contribution is -2.15. The molecule has 3 aromatic heterocycles. The van der Waals surface area contributed by atoms with Crippen molar-refractivity contribution in [3.8, 4) is 22.5 Å². The van der Waals surface area contributed by atoms with Crippen LogP contribution >= 0.6 is 0 Å². The Morgan fingerprint density at radius 3 is 2.45 bits per heavy atom. The number of aromatic amines is 2. The molecule has 0 bridgehead atoms. The molecule has 2 N–H and O–H groups in total. The van der Waals surface area contributed by atoms with E-state index >= 15 is 0 Å². The summed E-state index contributed by atoms with van der Waals surface area (Å²) < 4.78 is 1.95. The molecule has 9 heteroatoms. The lowest BCUT2D eigenvalue weighted by Gasteiger charge is -2.14. The van der Waals surface area contributed by atoms with E-state index in [1.807, 2.05) is 54.8 Å². The van der Waals surface area contributed by atoms with Gasteiger partial charge in [0.2, 0.25) is 5.82 Å². The smallest absolute Gasteiger partial charge is 0.290 e. The third-order valence-electron chi connectivity index (χ3n) is 5.42. The van der Waals surface area contributed by atoms with Gasteiger partial charge in [0.05, 0.1) is 12.2 Å². The first-order chi connectivity index (χ1) is 15.2. The third-order valence-corrected chi connectivity index (χ3v) is 5.42. The highest BCUT2D eigenvalue weighted by molar-refractivity contribution is 5.82. The second-order valence-electron chi connectivity index (χ2n) is 7.23. The second-order valence-corrected chi connectivity index (χ2v) is 7.23. The van der Waals surface area contributed by atoms with Crippen molar-refractivity contribution in [2.75, 3.05) is 0 Å². The van der Waals surface area contributed by atoms with Gasteiger partial charge in [-0.3, -0.25) is 4.79 Å². The first-order valence-electron chi connectivity index (χ1n) is 10.0. The van der Waals surface area contributed by atoms with Crippen molar-refractivity contribution in [2.45, 2.75) is 26.8 Å². The fourth-order valence-corrected chi connectivity index (χ4v) is 3.94. The zero-order valence-corrected chi connectivity index (χ0v) is 17.1. The predicted molar refractivity (Wildman–Crippen MR) is 116 cm³/mol. The topological polar surface area (TPSA) is 118 Å². The summed E-state index contributed by atoms with van der Waals surface area (Å²) in [6, 6.07) is 16.1. The van der Waals surface area contributed by atoms with E-state index in [2.05, 4.69) is 47.9 Å². The van der Waals surface area contributed by atoms with Crippen LogP contribution in [0.4, 0.5) is 0 Å². The van der Waals surface area contributed by atoms with E-state index < -0.39 is 0 Å². The van der Waals surface area contributed by atoms with Gasteiger partial charge in [-0.15, -0.1) is 10.2 Å². The van der Waals surface area contributed by atoms with Crippen LogP contribution in [0.2, 0.25) is 0 Å². The number of hydrogen-bond acceptors (Lipinski definition) is 6. The first-order valence-corrected chi connectivity index (χ1v) is 10.0. The summed E-state index contributed by atoms with van der Waals surface area (Å²) in [5, 5.41) is 21.3. The van der Waals surface area contributed by atoms with Crippen LogP contribution < -0.4 is 5.56 Å². The van der Waals surface area contributed by atoms with Gasteiger partial charge in [0.1, 0.15) is 16.9 Å². The number of H-pyrrole nitrogens is 2. The number of imidazole rings is 1. The maximum atomic E-state index is 12.6. The highest BCUT2D eigenvalue weighted by atomic mass is 16.1. The standard InChI is InChI=1S/C22H20N8O/c1-3-18-19-20(22(31)27-24-18)30(13(2)23-19)12-14-8-4-5-9-15(14)16-10-6-7-11-17(16)21-25-28-29-26-21/h4-11H,3,12H2,1-2H3,(H,27,31)(H,25,26,28,29). The Bertz CT molecular complexity index is 1430. The lowest BCUT2D eigenvalue weighted by molar-refractivity contribution is 0.781. The predicted octanol–water partition coefficient (Wildman–Crippen LogP) is 2.89. The molecule has 2 aromatic carbocycles. The molecule has 0 spiro atoms. The van der Waals surface area contributed by atoms with Gasteiger partial charge in [-0.2, -0.15) is 10.3 Å². The molecule has 0 radical (unpaired) electrons. The average Bonchev–Trinajstić information content (AvgIpc) is 3.44. The number of nitrogens with zero attached hydrogens (tertiary/aromatic N) is 6. The molecule has 0 amide bonds. The number of nitrogens with one attached hydrogen (secondary N) is 2. The first kappa shape index (κ1) is 18.9.